The molecular formula is C11H20N4OS. The molecule has 0 aromatic carbocycles. The number of nitrogens with two attached hydrogens (primary N) is 1. The molecule has 1 aromatic heterocycles. The van der Waals surface area contributed by atoms with E-state index in [0.29, 0.717) is 12.5 Å². The van der Waals surface area contributed by atoms with Crippen LogP contribution in [0.15, 0.2) is 0 Å². The summed E-state index contributed by atoms with van der Waals surface area (Å²) in [6, 6.07) is 0. The fourth-order valence-corrected chi connectivity index (χ4v) is 2.72. The summed E-state index contributed by atoms with van der Waals surface area (Å²) >= 11 is 1.42. The molecule has 6 heteroatoms. The highest BCUT2D eigenvalue weighted by Gasteiger charge is 2.32. The van der Waals surface area contributed by atoms with Crippen molar-refractivity contribution >= 4 is 16.7 Å². The SMILES string of the molecule is CC(C)c1nsc(NC2(CN)CCOCC2)n1. The summed E-state index contributed by atoms with van der Waals surface area (Å²) in [6.45, 7) is 6.32. The molecule has 0 aliphatic carbocycles. The van der Waals surface area contributed by atoms with Gasteiger partial charge < -0.3 is 15.8 Å². The van der Waals surface area contributed by atoms with E-state index in [4.69, 9.17) is 10.5 Å². The molecule has 0 spiro atoms. The number of hydrogen-bond acceptors (Lipinski definition) is 6. The molecular weight excluding hydrogens is 236 g/mol. The molecule has 17 heavy (non-hydrogen) atoms. The molecule has 1 aromatic rings. The van der Waals surface area contributed by atoms with Gasteiger partial charge in [0.1, 0.15) is 5.82 Å². The second-order valence-electron chi connectivity index (χ2n) is 4.83. The zero-order valence-corrected chi connectivity index (χ0v) is 11.2. The first-order valence-electron chi connectivity index (χ1n) is 6.05. The van der Waals surface area contributed by atoms with E-state index in [-0.39, 0.29) is 5.54 Å². The van der Waals surface area contributed by atoms with E-state index in [1.807, 2.05) is 0 Å². The molecule has 1 aliphatic heterocycles. The molecule has 96 valence electrons. The lowest BCUT2D eigenvalue weighted by Gasteiger charge is -2.36. The van der Waals surface area contributed by atoms with Crippen LogP contribution in [0.4, 0.5) is 5.13 Å². The fraction of sp³-hybridized carbons (Fsp3) is 0.818. The summed E-state index contributed by atoms with van der Waals surface area (Å²) in [5.74, 6) is 1.27. The Labute approximate surface area is 106 Å². The standard InChI is InChI=1S/C11H20N4OS/c1-8(2)9-13-10(17-15-9)14-11(7-12)3-5-16-6-4-11/h8H,3-7,12H2,1-2H3,(H,13,14,15). The third-order valence-electron chi connectivity index (χ3n) is 3.17. The van der Waals surface area contributed by atoms with Crippen LogP contribution in [0, 0.1) is 0 Å². The van der Waals surface area contributed by atoms with Crippen LogP contribution >= 0.6 is 11.5 Å². The van der Waals surface area contributed by atoms with Gasteiger partial charge in [-0.25, -0.2) is 4.98 Å². The van der Waals surface area contributed by atoms with Crippen molar-refractivity contribution in [3.63, 3.8) is 0 Å². The molecule has 0 bridgehead atoms. The van der Waals surface area contributed by atoms with E-state index in [0.717, 1.165) is 37.0 Å². The average Bonchev–Trinajstić information content (AvgIpc) is 2.79. The Morgan fingerprint density at radius 2 is 2.18 bits per heavy atom. The third kappa shape index (κ3) is 2.94. The normalized spacial score (nSPS) is 19.5. The number of nitrogens with one attached hydrogen (secondary N) is 1. The average molecular weight is 256 g/mol. The van der Waals surface area contributed by atoms with Gasteiger partial charge in [-0.15, -0.1) is 0 Å². The molecule has 5 nitrogen and oxygen atoms in total. The van der Waals surface area contributed by atoms with Gasteiger partial charge in [0.2, 0.25) is 5.13 Å². The first kappa shape index (κ1) is 12.7. The van der Waals surface area contributed by atoms with Gasteiger partial charge >= 0.3 is 0 Å². The van der Waals surface area contributed by atoms with Crippen molar-refractivity contribution in [2.24, 2.45) is 5.73 Å². The Bertz CT molecular complexity index is 360. The van der Waals surface area contributed by atoms with Crippen LogP contribution in [-0.4, -0.2) is 34.7 Å². The highest BCUT2D eigenvalue weighted by Crippen LogP contribution is 2.27. The number of rotatable bonds is 4. The van der Waals surface area contributed by atoms with Crippen molar-refractivity contribution in [1.29, 1.82) is 0 Å². The highest BCUT2D eigenvalue weighted by atomic mass is 32.1. The maximum absolute atomic E-state index is 5.89. The monoisotopic (exact) mass is 256 g/mol. The molecule has 1 aliphatic rings. The van der Waals surface area contributed by atoms with Crippen LogP contribution < -0.4 is 11.1 Å². The quantitative estimate of drug-likeness (QED) is 0.855. The van der Waals surface area contributed by atoms with Crippen molar-refractivity contribution in [1.82, 2.24) is 9.36 Å². The highest BCUT2D eigenvalue weighted by molar-refractivity contribution is 7.09. The minimum atomic E-state index is -0.0635. The molecule has 2 rings (SSSR count). The summed E-state index contributed by atoms with van der Waals surface area (Å²) in [7, 11) is 0. The number of anilines is 1. The Morgan fingerprint density at radius 3 is 2.71 bits per heavy atom. The summed E-state index contributed by atoms with van der Waals surface area (Å²) < 4.78 is 9.72. The van der Waals surface area contributed by atoms with E-state index < -0.39 is 0 Å². The first-order valence-corrected chi connectivity index (χ1v) is 6.82. The molecule has 0 atom stereocenters. The second-order valence-corrected chi connectivity index (χ2v) is 5.59. The van der Waals surface area contributed by atoms with Crippen LogP contribution in [0.5, 0.6) is 0 Å². The fourth-order valence-electron chi connectivity index (χ4n) is 1.89. The van der Waals surface area contributed by atoms with Crippen molar-refractivity contribution in [3.05, 3.63) is 5.82 Å². The van der Waals surface area contributed by atoms with Gasteiger partial charge in [0.05, 0.1) is 5.54 Å². The van der Waals surface area contributed by atoms with Crippen molar-refractivity contribution in [3.8, 4) is 0 Å². The zero-order valence-electron chi connectivity index (χ0n) is 10.4. The summed E-state index contributed by atoms with van der Waals surface area (Å²) in [5.41, 5.74) is 5.83. The van der Waals surface area contributed by atoms with Gasteiger partial charge in [0.15, 0.2) is 0 Å². The van der Waals surface area contributed by atoms with Gasteiger partial charge in [-0.3, -0.25) is 0 Å². The molecule has 3 N–H and O–H groups in total. The van der Waals surface area contributed by atoms with Crippen LogP contribution in [-0.2, 0) is 4.74 Å². The van der Waals surface area contributed by atoms with Gasteiger partial charge in [0.25, 0.3) is 0 Å². The topological polar surface area (TPSA) is 73.1 Å². The second kappa shape index (κ2) is 5.29. The molecule has 1 saturated heterocycles. The Balaban J connectivity index is 2.06. The minimum Gasteiger partial charge on any atom is -0.381 e. The smallest absolute Gasteiger partial charge is 0.203 e. The molecule has 0 amide bonds. The summed E-state index contributed by atoms with van der Waals surface area (Å²) in [6.07, 6.45) is 1.86. The number of nitrogens with zero attached hydrogens (tertiary/aromatic N) is 2. The number of hydrogen-bond donors (Lipinski definition) is 2. The minimum absolute atomic E-state index is 0.0635. The Hall–Kier alpha value is -0.720. The summed E-state index contributed by atoms with van der Waals surface area (Å²) in [5, 5.41) is 4.34. The van der Waals surface area contributed by atoms with E-state index in [2.05, 4.69) is 28.5 Å². The lowest BCUT2D eigenvalue weighted by atomic mass is 9.90. The van der Waals surface area contributed by atoms with E-state index in [1.54, 1.807) is 0 Å². The van der Waals surface area contributed by atoms with Gasteiger partial charge in [-0.2, -0.15) is 4.37 Å². The Kier molecular flexibility index (Phi) is 3.96. The predicted octanol–water partition coefficient (Wildman–Crippen LogP) is 1.58. The summed E-state index contributed by atoms with van der Waals surface area (Å²) in [4.78, 5) is 4.50. The van der Waals surface area contributed by atoms with Crippen LogP contribution in [0.3, 0.4) is 0 Å². The molecule has 0 unspecified atom stereocenters. The van der Waals surface area contributed by atoms with E-state index in [9.17, 15) is 0 Å². The third-order valence-corrected chi connectivity index (χ3v) is 3.82. The zero-order chi connectivity index (χ0) is 12.3. The van der Waals surface area contributed by atoms with Crippen LogP contribution in [0.25, 0.3) is 0 Å². The van der Waals surface area contributed by atoms with Crippen LogP contribution in [0.1, 0.15) is 38.4 Å². The van der Waals surface area contributed by atoms with E-state index in [1.165, 1.54) is 11.5 Å². The Morgan fingerprint density at radius 1 is 1.47 bits per heavy atom. The maximum atomic E-state index is 5.89. The predicted molar refractivity (Wildman–Crippen MR) is 69.5 cm³/mol. The van der Waals surface area contributed by atoms with E-state index >= 15 is 0 Å². The van der Waals surface area contributed by atoms with Gasteiger partial charge in [-0.05, 0) is 12.8 Å². The first-order chi connectivity index (χ1) is 8.15. The lowest BCUT2D eigenvalue weighted by Crippen LogP contribution is -2.49. The molecule has 2 heterocycles. The van der Waals surface area contributed by atoms with Gasteiger partial charge in [-0.1, -0.05) is 13.8 Å². The number of ether oxygens (including phenoxy) is 1. The van der Waals surface area contributed by atoms with Crippen molar-refractivity contribution < 1.29 is 4.74 Å². The lowest BCUT2D eigenvalue weighted by molar-refractivity contribution is 0.0628. The molecule has 0 saturated carbocycles. The van der Waals surface area contributed by atoms with Crippen molar-refractivity contribution in [2.45, 2.75) is 38.1 Å². The molecule has 0 radical (unpaired) electrons. The molecule has 1 fully saturated rings. The maximum Gasteiger partial charge on any atom is 0.203 e. The van der Waals surface area contributed by atoms with Crippen LogP contribution in [0.2, 0.25) is 0 Å². The van der Waals surface area contributed by atoms with Crippen molar-refractivity contribution in [2.75, 3.05) is 25.1 Å². The largest absolute Gasteiger partial charge is 0.381 e. The number of aromatic nitrogens is 2. The van der Waals surface area contributed by atoms with Gasteiger partial charge in [0, 0.05) is 37.2 Å².